The zero-order valence-corrected chi connectivity index (χ0v) is 9.95. The predicted octanol–water partition coefficient (Wildman–Crippen LogP) is 2.45. The molecule has 0 saturated carbocycles. The van der Waals surface area contributed by atoms with Gasteiger partial charge in [0.1, 0.15) is 5.82 Å². The lowest BCUT2D eigenvalue weighted by Gasteiger charge is -2.40. The molecular weight excluding hydrogens is 217 g/mol. The van der Waals surface area contributed by atoms with Crippen molar-refractivity contribution in [1.29, 1.82) is 0 Å². The maximum atomic E-state index is 13.4. The molecule has 1 aliphatic carbocycles. The minimum atomic E-state index is -0.231. The predicted molar refractivity (Wildman–Crippen MR) is 63.7 cm³/mol. The number of nitrogens with zero attached hydrogens (tertiary/aromatic N) is 1. The van der Waals surface area contributed by atoms with E-state index in [4.69, 9.17) is 0 Å². The lowest BCUT2D eigenvalue weighted by molar-refractivity contribution is 0.0887. The molecule has 1 saturated heterocycles. The average Bonchev–Trinajstić information content (AvgIpc) is 2.30. The van der Waals surface area contributed by atoms with E-state index in [1.165, 1.54) is 6.07 Å². The maximum absolute atomic E-state index is 13.4. The van der Waals surface area contributed by atoms with Crippen LogP contribution in [0.3, 0.4) is 0 Å². The molecule has 1 aromatic carbocycles. The van der Waals surface area contributed by atoms with E-state index in [2.05, 4.69) is 11.9 Å². The van der Waals surface area contributed by atoms with Crippen molar-refractivity contribution in [3.05, 3.63) is 35.1 Å². The minimum absolute atomic E-state index is 0.186. The van der Waals surface area contributed by atoms with Crippen molar-refractivity contribution in [2.24, 2.45) is 5.92 Å². The molecule has 90 valence electrons. The third-order valence-corrected chi connectivity index (χ3v) is 4.12. The van der Waals surface area contributed by atoms with E-state index in [0.29, 0.717) is 18.3 Å². The van der Waals surface area contributed by atoms with Crippen LogP contribution < -0.4 is 0 Å². The highest BCUT2D eigenvalue weighted by Gasteiger charge is 2.37. The Labute approximate surface area is 100 Å². The average molecular weight is 233 g/mol. The summed E-state index contributed by atoms with van der Waals surface area (Å²) in [6.07, 6.45) is 1.68. The number of likely N-dealkylation sites (N-methyl/N-ethyl adjacent to an activating group) is 1. The molecule has 0 amide bonds. The molecule has 2 aliphatic rings. The molecule has 3 rings (SSSR count). The SMILES string of the molecule is CN1CCC2CC(=O)c3ccc(F)cc3C2C1. The highest BCUT2D eigenvalue weighted by molar-refractivity contribution is 5.99. The third kappa shape index (κ3) is 1.78. The van der Waals surface area contributed by atoms with Crippen molar-refractivity contribution in [3.63, 3.8) is 0 Å². The van der Waals surface area contributed by atoms with Gasteiger partial charge >= 0.3 is 0 Å². The molecule has 2 nitrogen and oxygen atoms in total. The van der Waals surface area contributed by atoms with Gasteiger partial charge in [0.2, 0.25) is 0 Å². The number of hydrogen-bond donors (Lipinski definition) is 0. The lowest BCUT2D eigenvalue weighted by Crippen LogP contribution is -2.40. The summed E-state index contributed by atoms with van der Waals surface area (Å²) in [5.74, 6) is 0.696. The largest absolute Gasteiger partial charge is 0.306 e. The van der Waals surface area contributed by atoms with E-state index in [1.54, 1.807) is 12.1 Å². The number of Topliss-reactive ketones (excluding diaryl/α,β-unsaturated/α-hetero) is 1. The number of fused-ring (bicyclic) bond motifs is 3. The Hall–Kier alpha value is -1.22. The highest BCUT2D eigenvalue weighted by atomic mass is 19.1. The Bertz CT molecular complexity index is 471. The van der Waals surface area contributed by atoms with E-state index in [1.807, 2.05) is 0 Å². The van der Waals surface area contributed by atoms with Gasteiger partial charge in [0.15, 0.2) is 5.78 Å². The quantitative estimate of drug-likeness (QED) is 0.686. The van der Waals surface area contributed by atoms with Gasteiger partial charge in [0.25, 0.3) is 0 Å². The first-order chi connectivity index (χ1) is 8.15. The van der Waals surface area contributed by atoms with Gasteiger partial charge in [-0.1, -0.05) is 0 Å². The topological polar surface area (TPSA) is 20.3 Å². The second-order valence-corrected chi connectivity index (χ2v) is 5.28. The van der Waals surface area contributed by atoms with Crippen molar-refractivity contribution >= 4 is 5.78 Å². The molecule has 0 N–H and O–H groups in total. The molecule has 2 atom stereocenters. The van der Waals surface area contributed by atoms with Gasteiger partial charge in [0.05, 0.1) is 0 Å². The van der Waals surface area contributed by atoms with Gasteiger partial charge in [0, 0.05) is 24.4 Å². The molecule has 1 aliphatic heterocycles. The van der Waals surface area contributed by atoms with Crippen LogP contribution in [-0.2, 0) is 0 Å². The summed E-state index contributed by atoms with van der Waals surface area (Å²) in [5, 5.41) is 0. The van der Waals surface area contributed by atoms with E-state index in [9.17, 15) is 9.18 Å². The smallest absolute Gasteiger partial charge is 0.163 e. The number of ketones is 1. The molecule has 0 aromatic heterocycles. The van der Waals surface area contributed by atoms with Gasteiger partial charge < -0.3 is 4.90 Å². The van der Waals surface area contributed by atoms with E-state index in [-0.39, 0.29) is 11.6 Å². The van der Waals surface area contributed by atoms with Gasteiger partial charge in [-0.15, -0.1) is 0 Å². The first-order valence-corrected chi connectivity index (χ1v) is 6.16. The molecular formula is C14H16FNO. The van der Waals surface area contributed by atoms with Gasteiger partial charge in [-0.25, -0.2) is 4.39 Å². The Morgan fingerprint density at radius 2 is 2.24 bits per heavy atom. The summed E-state index contributed by atoms with van der Waals surface area (Å²) in [6, 6.07) is 4.60. The summed E-state index contributed by atoms with van der Waals surface area (Å²) in [5.41, 5.74) is 1.67. The second kappa shape index (κ2) is 3.91. The van der Waals surface area contributed by atoms with Crippen LogP contribution >= 0.6 is 0 Å². The van der Waals surface area contributed by atoms with Crippen LogP contribution in [-0.4, -0.2) is 30.8 Å². The number of likely N-dealkylation sites (tertiary alicyclic amines) is 1. The first kappa shape index (κ1) is 10.9. The van der Waals surface area contributed by atoms with Crippen molar-refractivity contribution in [1.82, 2.24) is 4.90 Å². The van der Waals surface area contributed by atoms with Crippen LogP contribution in [0.1, 0.15) is 34.7 Å². The maximum Gasteiger partial charge on any atom is 0.163 e. The van der Waals surface area contributed by atoms with Crippen LogP contribution in [0, 0.1) is 11.7 Å². The number of carbonyl (C=O) groups excluding carboxylic acids is 1. The van der Waals surface area contributed by atoms with Crippen molar-refractivity contribution in [2.45, 2.75) is 18.8 Å². The zero-order valence-electron chi connectivity index (χ0n) is 9.95. The molecule has 0 radical (unpaired) electrons. The zero-order chi connectivity index (χ0) is 12.0. The summed E-state index contributed by atoms with van der Waals surface area (Å²) in [4.78, 5) is 14.3. The van der Waals surface area contributed by atoms with Crippen LogP contribution in [0.2, 0.25) is 0 Å². The lowest BCUT2D eigenvalue weighted by atomic mass is 9.71. The van der Waals surface area contributed by atoms with Gasteiger partial charge in [-0.05, 0) is 49.7 Å². The van der Waals surface area contributed by atoms with E-state index >= 15 is 0 Å². The number of rotatable bonds is 0. The number of hydrogen-bond acceptors (Lipinski definition) is 2. The standard InChI is InChI=1S/C14H16FNO/c1-16-5-4-9-6-14(17)11-3-2-10(15)7-12(11)13(9)8-16/h2-3,7,9,13H,4-6,8H2,1H3. The molecule has 0 spiro atoms. The van der Waals surface area contributed by atoms with Crippen LogP contribution in [0.5, 0.6) is 0 Å². The first-order valence-electron chi connectivity index (χ1n) is 6.16. The fourth-order valence-electron chi connectivity index (χ4n) is 3.20. The Morgan fingerprint density at radius 1 is 1.41 bits per heavy atom. The third-order valence-electron chi connectivity index (χ3n) is 4.12. The number of halogens is 1. The fraction of sp³-hybridized carbons (Fsp3) is 0.500. The summed E-state index contributed by atoms with van der Waals surface area (Å²) in [7, 11) is 2.09. The van der Waals surface area contributed by atoms with Crippen molar-refractivity contribution in [3.8, 4) is 0 Å². The number of benzene rings is 1. The van der Waals surface area contributed by atoms with Gasteiger partial charge in [-0.3, -0.25) is 4.79 Å². The van der Waals surface area contributed by atoms with Crippen molar-refractivity contribution in [2.75, 3.05) is 20.1 Å². The molecule has 17 heavy (non-hydrogen) atoms. The number of piperidine rings is 1. The fourth-order valence-corrected chi connectivity index (χ4v) is 3.20. The molecule has 1 aromatic rings. The molecule has 1 fully saturated rings. The van der Waals surface area contributed by atoms with Crippen LogP contribution in [0.25, 0.3) is 0 Å². The Kier molecular flexibility index (Phi) is 2.51. The molecule has 2 unspecified atom stereocenters. The van der Waals surface area contributed by atoms with Crippen LogP contribution in [0.15, 0.2) is 18.2 Å². The highest BCUT2D eigenvalue weighted by Crippen LogP contribution is 2.40. The van der Waals surface area contributed by atoms with Crippen molar-refractivity contribution < 1.29 is 9.18 Å². The molecule has 0 bridgehead atoms. The second-order valence-electron chi connectivity index (χ2n) is 5.28. The summed E-state index contributed by atoms with van der Waals surface area (Å²) < 4.78 is 13.4. The molecule has 3 heteroatoms. The molecule has 1 heterocycles. The normalized spacial score (nSPS) is 28.7. The summed E-state index contributed by atoms with van der Waals surface area (Å²) in [6.45, 7) is 1.98. The minimum Gasteiger partial charge on any atom is -0.306 e. The Balaban J connectivity index is 2.06. The monoisotopic (exact) mass is 233 g/mol. The number of carbonyl (C=O) groups is 1. The van der Waals surface area contributed by atoms with E-state index < -0.39 is 0 Å². The van der Waals surface area contributed by atoms with E-state index in [0.717, 1.165) is 30.6 Å². The summed E-state index contributed by atoms with van der Waals surface area (Å²) >= 11 is 0. The Morgan fingerprint density at radius 3 is 3.06 bits per heavy atom. The van der Waals surface area contributed by atoms with Crippen LogP contribution in [0.4, 0.5) is 4.39 Å². The van der Waals surface area contributed by atoms with Gasteiger partial charge in [-0.2, -0.15) is 0 Å².